The summed E-state index contributed by atoms with van der Waals surface area (Å²) in [7, 11) is 0. The topological polar surface area (TPSA) is 34.1 Å². The van der Waals surface area contributed by atoms with Gasteiger partial charge in [0.05, 0.1) is 11.7 Å². The van der Waals surface area contributed by atoms with Crippen molar-refractivity contribution >= 4 is 11.3 Å². The van der Waals surface area contributed by atoms with E-state index in [1.54, 1.807) is 11.3 Å². The Balaban J connectivity index is 2.03. The van der Waals surface area contributed by atoms with Gasteiger partial charge in [0.1, 0.15) is 11.1 Å². The van der Waals surface area contributed by atoms with Crippen molar-refractivity contribution in [3.05, 3.63) is 16.1 Å². The van der Waals surface area contributed by atoms with Crippen LogP contribution in [0.4, 0.5) is 0 Å². The van der Waals surface area contributed by atoms with Crippen molar-refractivity contribution in [2.45, 2.75) is 51.7 Å². The fraction of sp³-hybridized carbons (Fsp3) is 0.769. The van der Waals surface area contributed by atoms with E-state index in [0.29, 0.717) is 6.04 Å². The standard InChI is InChI=1S/C13H22N2OS/c1-3-6-12(16-4-2)13-15-11(9-17-13)10-7-5-8-14-10/h9-10,12,14H,3-8H2,1-2H3. The van der Waals surface area contributed by atoms with E-state index in [-0.39, 0.29) is 6.10 Å². The van der Waals surface area contributed by atoms with Gasteiger partial charge in [-0.1, -0.05) is 13.3 Å². The molecule has 1 aromatic heterocycles. The number of ether oxygens (including phenoxy) is 1. The fourth-order valence-electron chi connectivity index (χ4n) is 2.29. The quantitative estimate of drug-likeness (QED) is 0.844. The summed E-state index contributed by atoms with van der Waals surface area (Å²) in [5, 5.41) is 6.84. The first-order chi connectivity index (χ1) is 8.35. The first-order valence-corrected chi connectivity index (χ1v) is 7.53. The first kappa shape index (κ1) is 13.0. The molecule has 0 amide bonds. The third-order valence-electron chi connectivity index (χ3n) is 3.15. The number of hydrogen-bond acceptors (Lipinski definition) is 4. The third kappa shape index (κ3) is 3.27. The lowest BCUT2D eigenvalue weighted by molar-refractivity contribution is 0.0554. The van der Waals surface area contributed by atoms with Crippen molar-refractivity contribution in [1.82, 2.24) is 10.3 Å². The van der Waals surface area contributed by atoms with Crippen LogP contribution < -0.4 is 5.32 Å². The summed E-state index contributed by atoms with van der Waals surface area (Å²) >= 11 is 1.75. The molecule has 0 aromatic carbocycles. The average Bonchev–Trinajstić information content (AvgIpc) is 2.99. The molecule has 2 atom stereocenters. The van der Waals surface area contributed by atoms with Crippen LogP contribution in [0.25, 0.3) is 0 Å². The minimum absolute atomic E-state index is 0.199. The van der Waals surface area contributed by atoms with Gasteiger partial charge in [0.15, 0.2) is 0 Å². The number of hydrogen-bond donors (Lipinski definition) is 1. The summed E-state index contributed by atoms with van der Waals surface area (Å²) in [6, 6.07) is 0.476. The molecule has 1 saturated heterocycles. The van der Waals surface area contributed by atoms with Crippen molar-refractivity contribution in [3.63, 3.8) is 0 Å². The molecule has 2 rings (SSSR count). The Hall–Kier alpha value is -0.450. The van der Waals surface area contributed by atoms with Crippen molar-refractivity contribution in [2.75, 3.05) is 13.2 Å². The molecule has 17 heavy (non-hydrogen) atoms. The summed E-state index contributed by atoms with van der Waals surface area (Å²) < 4.78 is 5.77. The molecule has 1 aliphatic rings. The lowest BCUT2D eigenvalue weighted by Gasteiger charge is -2.13. The predicted octanol–water partition coefficient (Wildman–Crippen LogP) is 3.45. The number of thiazole rings is 1. The highest BCUT2D eigenvalue weighted by molar-refractivity contribution is 7.09. The summed E-state index contributed by atoms with van der Waals surface area (Å²) in [6.45, 7) is 6.14. The second kappa shape index (κ2) is 6.47. The number of nitrogens with zero attached hydrogens (tertiary/aromatic N) is 1. The summed E-state index contributed by atoms with van der Waals surface area (Å²) in [6.07, 6.45) is 4.89. The second-order valence-electron chi connectivity index (χ2n) is 4.49. The highest BCUT2D eigenvalue weighted by Gasteiger charge is 2.21. The van der Waals surface area contributed by atoms with Crippen LogP contribution in [0.15, 0.2) is 5.38 Å². The summed E-state index contributed by atoms with van der Waals surface area (Å²) in [5.74, 6) is 0. The van der Waals surface area contributed by atoms with Crippen molar-refractivity contribution in [2.24, 2.45) is 0 Å². The smallest absolute Gasteiger partial charge is 0.122 e. The maximum atomic E-state index is 5.77. The van der Waals surface area contributed by atoms with E-state index >= 15 is 0 Å². The molecule has 1 fully saturated rings. The summed E-state index contributed by atoms with van der Waals surface area (Å²) in [4.78, 5) is 4.76. The van der Waals surface area contributed by atoms with Crippen LogP contribution in [-0.4, -0.2) is 18.1 Å². The average molecular weight is 254 g/mol. The van der Waals surface area contributed by atoms with Crippen LogP contribution in [0.5, 0.6) is 0 Å². The fourth-order valence-corrected chi connectivity index (χ4v) is 3.24. The molecule has 0 spiro atoms. The molecule has 0 radical (unpaired) electrons. The monoisotopic (exact) mass is 254 g/mol. The van der Waals surface area contributed by atoms with Crippen LogP contribution in [0.2, 0.25) is 0 Å². The predicted molar refractivity (Wildman–Crippen MR) is 71.4 cm³/mol. The van der Waals surface area contributed by atoms with Gasteiger partial charge in [-0.3, -0.25) is 0 Å². The Morgan fingerprint density at radius 2 is 2.47 bits per heavy atom. The lowest BCUT2D eigenvalue weighted by atomic mass is 10.2. The molecular weight excluding hydrogens is 232 g/mol. The van der Waals surface area contributed by atoms with Crippen LogP contribution >= 0.6 is 11.3 Å². The van der Waals surface area contributed by atoms with E-state index in [1.807, 2.05) is 0 Å². The minimum atomic E-state index is 0.199. The van der Waals surface area contributed by atoms with Gasteiger partial charge in [0, 0.05) is 12.0 Å². The lowest BCUT2D eigenvalue weighted by Crippen LogP contribution is -2.13. The maximum Gasteiger partial charge on any atom is 0.122 e. The third-order valence-corrected chi connectivity index (χ3v) is 4.11. The van der Waals surface area contributed by atoms with Crippen LogP contribution in [0.3, 0.4) is 0 Å². The Morgan fingerprint density at radius 3 is 3.12 bits per heavy atom. The van der Waals surface area contributed by atoms with Gasteiger partial charge in [-0.25, -0.2) is 4.98 Å². The van der Waals surface area contributed by atoms with E-state index in [1.165, 1.54) is 18.5 Å². The normalized spacial score (nSPS) is 21.9. The van der Waals surface area contributed by atoms with Gasteiger partial charge < -0.3 is 10.1 Å². The molecule has 2 heterocycles. The zero-order valence-electron chi connectivity index (χ0n) is 10.7. The molecule has 3 nitrogen and oxygen atoms in total. The van der Waals surface area contributed by atoms with Crippen LogP contribution in [-0.2, 0) is 4.74 Å². The molecule has 0 aliphatic carbocycles. The summed E-state index contributed by atoms with van der Waals surface area (Å²) in [5.41, 5.74) is 1.21. The molecule has 4 heteroatoms. The Morgan fingerprint density at radius 1 is 1.59 bits per heavy atom. The van der Waals surface area contributed by atoms with Crippen molar-refractivity contribution < 1.29 is 4.74 Å². The van der Waals surface area contributed by atoms with Gasteiger partial charge in [0.2, 0.25) is 0 Å². The zero-order chi connectivity index (χ0) is 12.1. The highest BCUT2D eigenvalue weighted by atomic mass is 32.1. The molecule has 1 aliphatic heterocycles. The van der Waals surface area contributed by atoms with Gasteiger partial charge in [-0.05, 0) is 32.7 Å². The Kier molecular flexibility index (Phi) is 4.95. The molecule has 1 N–H and O–H groups in total. The van der Waals surface area contributed by atoms with E-state index in [4.69, 9.17) is 9.72 Å². The number of nitrogens with one attached hydrogen (secondary N) is 1. The SMILES string of the molecule is CCCC(OCC)c1nc(C2CCCN2)cs1. The largest absolute Gasteiger partial charge is 0.371 e. The van der Waals surface area contributed by atoms with E-state index in [2.05, 4.69) is 24.5 Å². The second-order valence-corrected chi connectivity index (χ2v) is 5.38. The van der Waals surface area contributed by atoms with Crippen molar-refractivity contribution in [3.8, 4) is 0 Å². The molecular formula is C13H22N2OS. The molecule has 1 aromatic rings. The number of rotatable bonds is 6. The van der Waals surface area contributed by atoms with Gasteiger partial charge >= 0.3 is 0 Å². The van der Waals surface area contributed by atoms with E-state index < -0.39 is 0 Å². The van der Waals surface area contributed by atoms with Gasteiger partial charge in [-0.15, -0.1) is 11.3 Å². The number of aromatic nitrogens is 1. The van der Waals surface area contributed by atoms with Crippen LogP contribution in [0.1, 0.15) is 62.4 Å². The van der Waals surface area contributed by atoms with E-state index in [9.17, 15) is 0 Å². The molecule has 96 valence electrons. The molecule has 0 bridgehead atoms. The van der Waals surface area contributed by atoms with Gasteiger partial charge in [-0.2, -0.15) is 0 Å². The minimum Gasteiger partial charge on any atom is -0.371 e. The maximum absolute atomic E-state index is 5.77. The Bertz CT molecular complexity index is 328. The molecule has 2 unspecified atom stereocenters. The van der Waals surface area contributed by atoms with Gasteiger partial charge in [0.25, 0.3) is 0 Å². The van der Waals surface area contributed by atoms with E-state index in [0.717, 1.165) is 31.0 Å². The zero-order valence-corrected chi connectivity index (χ0v) is 11.6. The van der Waals surface area contributed by atoms with Crippen molar-refractivity contribution in [1.29, 1.82) is 0 Å². The first-order valence-electron chi connectivity index (χ1n) is 6.65. The highest BCUT2D eigenvalue weighted by Crippen LogP contribution is 2.30. The van der Waals surface area contributed by atoms with Crippen LogP contribution in [0, 0.1) is 0 Å². The molecule has 0 saturated carbocycles. The Labute approximate surface area is 108 Å².